The molecule has 1 aromatic carbocycles. The van der Waals surface area contributed by atoms with E-state index in [4.69, 9.17) is 5.11 Å². The third-order valence-corrected chi connectivity index (χ3v) is 2.89. The van der Waals surface area contributed by atoms with Crippen molar-refractivity contribution in [3.05, 3.63) is 35.4 Å². The molecule has 1 aliphatic rings. The van der Waals surface area contributed by atoms with E-state index in [0.717, 1.165) is 12.0 Å². The molecule has 1 N–H and O–H groups in total. The van der Waals surface area contributed by atoms with Gasteiger partial charge < -0.3 is 5.11 Å². The first-order chi connectivity index (χ1) is 6.77. The molecule has 2 rings (SSSR count). The summed E-state index contributed by atoms with van der Waals surface area (Å²) in [6.45, 7) is 0. The van der Waals surface area contributed by atoms with Crippen LogP contribution in [-0.4, -0.2) is 11.1 Å². The zero-order valence-corrected chi connectivity index (χ0v) is 7.99. The topological polar surface area (TPSA) is 37.3 Å². The molecule has 2 nitrogen and oxygen atoms in total. The summed E-state index contributed by atoms with van der Waals surface area (Å²) in [5, 5.41) is 8.95. The van der Waals surface area contributed by atoms with Crippen LogP contribution in [0, 0.1) is 12.0 Å². The van der Waals surface area contributed by atoms with Crippen LogP contribution in [0.3, 0.4) is 0 Å². The third kappa shape index (κ3) is 1.79. The Morgan fingerprint density at radius 2 is 2.36 bits per heavy atom. The van der Waals surface area contributed by atoms with Crippen molar-refractivity contribution in [3.8, 4) is 0 Å². The molecule has 1 aromatic rings. The summed E-state index contributed by atoms with van der Waals surface area (Å²) in [6.07, 6.45) is 4.64. The molecule has 0 amide bonds. The van der Waals surface area contributed by atoms with Crippen molar-refractivity contribution in [1.82, 2.24) is 0 Å². The number of carboxylic acid groups (broad SMARTS) is 1. The fourth-order valence-corrected chi connectivity index (χ4v) is 1.83. The van der Waals surface area contributed by atoms with Crippen LogP contribution < -0.4 is 0 Å². The van der Waals surface area contributed by atoms with Gasteiger partial charge in [-0.15, -0.1) is 0 Å². The maximum atomic E-state index is 10.9. The highest BCUT2D eigenvalue weighted by Gasteiger charge is 2.20. The van der Waals surface area contributed by atoms with E-state index in [2.05, 4.69) is 6.07 Å². The Balaban J connectivity index is 2.17. The molecule has 0 saturated heterocycles. The Morgan fingerprint density at radius 1 is 1.57 bits per heavy atom. The molecule has 0 bridgehead atoms. The van der Waals surface area contributed by atoms with Crippen LogP contribution in [-0.2, 0) is 6.42 Å². The molecule has 0 unspecified atom stereocenters. The monoisotopic (exact) mass is 189 g/mol. The van der Waals surface area contributed by atoms with Crippen LogP contribution in [0.25, 0.3) is 0 Å². The Hall–Kier alpha value is -1.31. The molecule has 1 radical (unpaired) electrons. The van der Waals surface area contributed by atoms with Crippen LogP contribution >= 0.6 is 0 Å². The summed E-state index contributed by atoms with van der Waals surface area (Å²) in [4.78, 5) is 10.9. The number of hydrogen-bond donors (Lipinski definition) is 1. The van der Waals surface area contributed by atoms with Gasteiger partial charge in [-0.2, -0.15) is 0 Å². The second kappa shape index (κ2) is 3.82. The van der Waals surface area contributed by atoms with E-state index in [-0.39, 0.29) is 0 Å². The van der Waals surface area contributed by atoms with Crippen molar-refractivity contribution in [2.75, 3.05) is 0 Å². The predicted octanol–water partition coefficient (Wildman–Crippen LogP) is 2.53. The number of hydrogen-bond acceptors (Lipinski definition) is 1. The van der Waals surface area contributed by atoms with Crippen molar-refractivity contribution in [2.45, 2.75) is 25.7 Å². The Kier molecular flexibility index (Phi) is 2.53. The summed E-state index contributed by atoms with van der Waals surface area (Å²) >= 11 is 0. The first kappa shape index (κ1) is 9.25. The lowest BCUT2D eigenvalue weighted by Gasteiger charge is -2.25. The van der Waals surface area contributed by atoms with Gasteiger partial charge in [0.05, 0.1) is 5.56 Å². The van der Waals surface area contributed by atoms with Crippen molar-refractivity contribution in [1.29, 1.82) is 0 Å². The average Bonchev–Trinajstić information content (AvgIpc) is 2.12. The summed E-state index contributed by atoms with van der Waals surface area (Å²) in [6, 6.07) is 8.22. The molecule has 2 heteroatoms. The van der Waals surface area contributed by atoms with E-state index in [1.54, 1.807) is 18.2 Å². The lowest BCUT2D eigenvalue weighted by Crippen LogP contribution is -2.15. The maximum absolute atomic E-state index is 10.9. The smallest absolute Gasteiger partial charge is 0.335 e. The van der Waals surface area contributed by atoms with Gasteiger partial charge in [-0.1, -0.05) is 31.4 Å². The molecular weight excluding hydrogens is 176 g/mol. The second-order valence-electron chi connectivity index (χ2n) is 3.87. The predicted molar refractivity (Wildman–Crippen MR) is 53.3 cm³/mol. The summed E-state index contributed by atoms with van der Waals surface area (Å²) < 4.78 is 0. The van der Waals surface area contributed by atoms with Gasteiger partial charge in [0.1, 0.15) is 0 Å². The molecule has 0 spiro atoms. The minimum Gasteiger partial charge on any atom is -0.478 e. The minimum absolute atomic E-state index is 0.416. The lowest BCUT2D eigenvalue weighted by molar-refractivity contribution is 0.0695. The van der Waals surface area contributed by atoms with Crippen LogP contribution in [0.15, 0.2) is 18.2 Å². The number of rotatable bonds is 3. The number of carboxylic acids is 1. The largest absolute Gasteiger partial charge is 0.478 e. The van der Waals surface area contributed by atoms with E-state index in [0.29, 0.717) is 11.5 Å². The molecular formula is C12H13O2. The van der Waals surface area contributed by atoms with Crippen LogP contribution in [0.1, 0.15) is 35.2 Å². The first-order valence-corrected chi connectivity index (χ1v) is 5.00. The van der Waals surface area contributed by atoms with Gasteiger partial charge in [0.2, 0.25) is 0 Å². The fourth-order valence-electron chi connectivity index (χ4n) is 1.83. The molecule has 0 atom stereocenters. The van der Waals surface area contributed by atoms with Gasteiger partial charge in [0, 0.05) is 0 Å². The number of benzene rings is 1. The van der Waals surface area contributed by atoms with E-state index in [1.165, 1.54) is 19.3 Å². The molecule has 14 heavy (non-hydrogen) atoms. The molecule has 1 aliphatic carbocycles. The van der Waals surface area contributed by atoms with Gasteiger partial charge in [-0.05, 0) is 30.0 Å². The second-order valence-corrected chi connectivity index (χ2v) is 3.87. The van der Waals surface area contributed by atoms with Gasteiger partial charge in [0.15, 0.2) is 0 Å². The van der Waals surface area contributed by atoms with Crippen molar-refractivity contribution < 1.29 is 9.90 Å². The van der Waals surface area contributed by atoms with Crippen LogP contribution in [0.4, 0.5) is 0 Å². The SMILES string of the molecule is O=C(O)c1ccc[c]c1CC1CCC1. The minimum atomic E-state index is -0.837. The highest BCUT2D eigenvalue weighted by molar-refractivity contribution is 5.89. The Morgan fingerprint density at radius 3 is 2.93 bits per heavy atom. The highest BCUT2D eigenvalue weighted by atomic mass is 16.4. The molecule has 0 heterocycles. The molecule has 73 valence electrons. The quantitative estimate of drug-likeness (QED) is 0.793. The van der Waals surface area contributed by atoms with E-state index >= 15 is 0 Å². The number of aromatic carboxylic acids is 1. The maximum Gasteiger partial charge on any atom is 0.335 e. The Labute approximate surface area is 83.6 Å². The van der Waals surface area contributed by atoms with Crippen molar-refractivity contribution in [3.63, 3.8) is 0 Å². The molecule has 1 fully saturated rings. The van der Waals surface area contributed by atoms with Gasteiger partial charge in [0.25, 0.3) is 0 Å². The van der Waals surface area contributed by atoms with Gasteiger partial charge in [-0.3, -0.25) is 0 Å². The Bertz CT molecular complexity index is 340. The first-order valence-electron chi connectivity index (χ1n) is 5.00. The molecule has 1 saturated carbocycles. The summed E-state index contributed by atoms with van der Waals surface area (Å²) in [5.41, 5.74) is 1.28. The highest BCUT2D eigenvalue weighted by Crippen LogP contribution is 2.30. The van der Waals surface area contributed by atoms with Gasteiger partial charge >= 0.3 is 5.97 Å². The summed E-state index contributed by atoms with van der Waals surface area (Å²) in [5.74, 6) is -0.150. The average molecular weight is 189 g/mol. The molecule has 0 aromatic heterocycles. The standard InChI is InChI=1S/C12H13O2/c13-12(14)11-7-2-1-6-10(11)8-9-4-3-5-9/h1-2,7,9H,3-5,8H2,(H,13,14). The summed E-state index contributed by atoms with van der Waals surface area (Å²) in [7, 11) is 0. The zero-order valence-electron chi connectivity index (χ0n) is 7.99. The van der Waals surface area contributed by atoms with Crippen LogP contribution in [0.2, 0.25) is 0 Å². The molecule has 0 aliphatic heterocycles. The zero-order chi connectivity index (χ0) is 9.97. The van der Waals surface area contributed by atoms with Crippen molar-refractivity contribution >= 4 is 5.97 Å². The van der Waals surface area contributed by atoms with Crippen LogP contribution in [0.5, 0.6) is 0 Å². The fraction of sp³-hybridized carbons (Fsp3) is 0.417. The van der Waals surface area contributed by atoms with E-state index in [9.17, 15) is 4.79 Å². The van der Waals surface area contributed by atoms with Gasteiger partial charge in [-0.25, -0.2) is 4.79 Å². The van der Waals surface area contributed by atoms with Crippen molar-refractivity contribution in [2.24, 2.45) is 5.92 Å². The number of carbonyl (C=O) groups is 1. The van der Waals surface area contributed by atoms with E-state index in [1.807, 2.05) is 0 Å². The lowest BCUT2D eigenvalue weighted by atomic mass is 9.80. The van der Waals surface area contributed by atoms with E-state index < -0.39 is 5.97 Å². The third-order valence-electron chi connectivity index (χ3n) is 2.89. The normalized spacial score (nSPS) is 16.3.